The van der Waals surface area contributed by atoms with Crippen LogP contribution < -0.4 is 11.1 Å². The summed E-state index contributed by atoms with van der Waals surface area (Å²) in [5.74, 6) is -2.96. The largest absolute Gasteiger partial charge is 0.378 e. The molecule has 5 heteroatoms. The molecular formula is C11H13F2N3. The van der Waals surface area contributed by atoms with Gasteiger partial charge < -0.3 is 11.1 Å². The van der Waals surface area contributed by atoms with Gasteiger partial charge in [-0.2, -0.15) is 5.26 Å². The molecule has 0 saturated heterocycles. The molecule has 0 heterocycles. The summed E-state index contributed by atoms with van der Waals surface area (Å²) in [5, 5.41) is 11.3. The second-order valence-electron chi connectivity index (χ2n) is 3.57. The first-order valence-electron chi connectivity index (χ1n) is 4.81. The van der Waals surface area contributed by atoms with E-state index >= 15 is 0 Å². The second-order valence-corrected chi connectivity index (χ2v) is 3.57. The molecule has 0 saturated carbocycles. The van der Waals surface area contributed by atoms with Crippen LogP contribution in [0, 0.1) is 18.3 Å². The molecule has 0 aliphatic heterocycles. The molecule has 0 aliphatic carbocycles. The molecule has 1 rings (SSSR count). The molecule has 0 aliphatic rings. The van der Waals surface area contributed by atoms with Gasteiger partial charge in [0, 0.05) is 0 Å². The SMILES string of the molecule is Cc1ccc(C#N)c(NCC(F)(F)CN)c1. The third-order valence-electron chi connectivity index (χ3n) is 2.13. The molecule has 0 amide bonds. The first kappa shape index (κ1) is 12.4. The molecule has 16 heavy (non-hydrogen) atoms. The van der Waals surface area contributed by atoms with Crippen molar-refractivity contribution in [2.75, 3.05) is 18.4 Å². The van der Waals surface area contributed by atoms with Gasteiger partial charge in [0.05, 0.1) is 24.3 Å². The number of aryl methyl sites for hydroxylation is 1. The minimum Gasteiger partial charge on any atom is -0.378 e. The Kier molecular flexibility index (Phi) is 3.80. The predicted octanol–water partition coefficient (Wildman–Crippen LogP) is 1.87. The fourth-order valence-electron chi connectivity index (χ4n) is 1.20. The van der Waals surface area contributed by atoms with Crippen molar-refractivity contribution in [3.8, 4) is 6.07 Å². The lowest BCUT2D eigenvalue weighted by atomic mass is 10.1. The molecule has 3 nitrogen and oxygen atoms in total. The van der Waals surface area contributed by atoms with Crippen LogP contribution in [0.5, 0.6) is 0 Å². The smallest absolute Gasteiger partial charge is 0.276 e. The van der Waals surface area contributed by atoms with Gasteiger partial charge in [0.15, 0.2) is 0 Å². The number of nitrogens with zero attached hydrogens (tertiary/aromatic N) is 1. The van der Waals surface area contributed by atoms with Gasteiger partial charge in [-0.05, 0) is 24.6 Å². The molecule has 0 aromatic heterocycles. The Balaban J connectivity index is 2.81. The molecule has 1 aromatic carbocycles. The summed E-state index contributed by atoms with van der Waals surface area (Å²) in [6.07, 6.45) is 0. The normalized spacial score (nSPS) is 10.9. The molecule has 3 N–H and O–H groups in total. The van der Waals surface area contributed by atoms with Crippen LogP contribution in [0.4, 0.5) is 14.5 Å². The maximum Gasteiger partial charge on any atom is 0.276 e. The van der Waals surface area contributed by atoms with E-state index in [2.05, 4.69) is 5.32 Å². The zero-order valence-electron chi connectivity index (χ0n) is 8.93. The summed E-state index contributed by atoms with van der Waals surface area (Å²) in [6.45, 7) is 0.544. The Morgan fingerprint density at radius 3 is 2.75 bits per heavy atom. The van der Waals surface area contributed by atoms with Crippen LogP contribution >= 0.6 is 0 Å². The molecule has 0 bridgehead atoms. The number of benzene rings is 1. The lowest BCUT2D eigenvalue weighted by molar-refractivity contribution is 0.0254. The molecule has 1 aromatic rings. The number of halogens is 2. The van der Waals surface area contributed by atoms with Gasteiger partial charge in [-0.15, -0.1) is 0 Å². The predicted molar refractivity (Wildman–Crippen MR) is 58.4 cm³/mol. The highest BCUT2D eigenvalue weighted by Crippen LogP contribution is 2.19. The summed E-state index contributed by atoms with van der Waals surface area (Å²) >= 11 is 0. The highest BCUT2D eigenvalue weighted by molar-refractivity contribution is 5.58. The van der Waals surface area contributed by atoms with E-state index in [1.54, 1.807) is 18.2 Å². The standard InChI is InChI=1S/C11H13F2N3/c1-8-2-3-9(5-14)10(4-8)16-7-11(12,13)6-15/h2-4,16H,6-7,15H2,1H3. The van der Waals surface area contributed by atoms with Crippen molar-refractivity contribution < 1.29 is 8.78 Å². The summed E-state index contributed by atoms with van der Waals surface area (Å²) in [6, 6.07) is 6.95. The highest BCUT2D eigenvalue weighted by atomic mass is 19.3. The first-order chi connectivity index (χ1) is 7.48. The molecule has 0 fully saturated rings. The molecule has 0 radical (unpaired) electrons. The van der Waals surface area contributed by atoms with Crippen molar-refractivity contribution in [1.29, 1.82) is 5.26 Å². The lowest BCUT2D eigenvalue weighted by Gasteiger charge is -2.16. The summed E-state index contributed by atoms with van der Waals surface area (Å²) < 4.78 is 25.8. The Morgan fingerprint density at radius 2 is 2.19 bits per heavy atom. The van der Waals surface area contributed by atoms with E-state index in [4.69, 9.17) is 11.0 Å². The highest BCUT2D eigenvalue weighted by Gasteiger charge is 2.26. The Bertz CT molecular complexity index is 410. The second kappa shape index (κ2) is 4.90. The fraction of sp³-hybridized carbons (Fsp3) is 0.364. The number of rotatable bonds is 4. The Morgan fingerprint density at radius 1 is 1.50 bits per heavy atom. The van der Waals surface area contributed by atoms with Crippen molar-refractivity contribution >= 4 is 5.69 Å². The van der Waals surface area contributed by atoms with E-state index in [1.165, 1.54) is 0 Å². The average molecular weight is 225 g/mol. The maximum atomic E-state index is 12.9. The van der Waals surface area contributed by atoms with Crippen LogP contribution in [-0.2, 0) is 0 Å². The van der Waals surface area contributed by atoms with Crippen molar-refractivity contribution in [2.24, 2.45) is 5.73 Å². The van der Waals surface area contributed by atoms with Crippen LogP contribution in [0.25, 0.3) is 0 Å². The van der Waals surface area contributed by atoms with E-state index in [1.807, 2.05) is 13.0 Å². The molecule has 0 unspecified atom stereocenters. The Hall–Kier alpha value is -1.67. The third kappa shape index (κ3) is 3.17. The monoisotopic (exact) mass is 225 g/mol. The van der Waals surface area contributed by atoms with Crippen LogP contribution in [-0.4, -0.2) is 19.0 Å². The van der Waals surface area contributed by atoms with E-state index < -0.39 is 19.0 Å². The van der Waals surface area contributed by atoms with Crippen molar-refractivity contribution in [3.63, 3.8) is 0 Å². The van der Waals surface area contributed by atoms with E-state index in [0.29, 0.717) is 11.3 Å². The summed E-state index contributed by atoms with van der Waals surface area (Å²) in [4.78, 5) is 0. The van der Waals surface area contributed by atoms with Crippen LogP contribution in [0.1, 0.15) is 11.1 Å². The van der Waals surface area contributed by atoms with Gasteiger partial charge in [-0.3, -0.25) is 0 Å². The van der Waals surface area contributed by atoms with Gasteiger partial charge in [0.2, 0.25) is 0 Å². The maximum absolute atomic E-state index is 12.9. The topological polar surface area (TPSA) is 61.8 Å². The number of nitrogens with two attached hydrogens (primary N) is 1. The summed E-state index contributed by atoms with van der Waals surface area (Å²) in [5.41, 5.74) is 6.57. The number of anilines is 1. The number of hydrogen-bond acceptors (Lipinski definition) is 3. The number of hydrogen-bond donors (Lipinski definition) is 2. The first-order valence-corrected chi connectivity index (χ1v) is 4.81. The number of alkyl halides is 2. The van der Waals surface area contributed by atoms with Gasteiger partial charge in [0.25, 0.3) is 5.92 Å². The minimum atomic E-state index is -2.96. The lowest BCUT2D eigenvalue weighted by Crippen LogP contribution is -2.35. The Labute approximate surface area is 92.9 Å². The van der Waals surface area contributed by atoms with E-state index in [0.717, 1.165) is 5.56 Å². The quantitative estimate of drug-likeness (QED) is 0.822. The molecule has 0 atom stereocenters. The fourth-order valence-corrected chi connectivity index (χ4v) is 1.20. The van der Waals surface area contributed by atoms with Crippen molar-refractivity contribution in [1.82, 2.24) is 0 Å². The van der Waals surface area contributed by atoms with Gasteiger partial charge in [-0.25, -0.2) is 8.78 Å². The van der Waals surface area contributed by atoms with Gasteiger partial charge >= 0.3 is 0 Å². The van der Waals surface area contributed by atoms with Crippen LogP contribution in [0.3, 0.4) is 0 Å². The molecule has 0 spiro atoms. The van der Waals surface area contributed by atoms with Crippen molar-refractivity contribution in [2.45, 2.75) is 12.8 Å². The zero-order chi connectivity index (χ0) is 12.2. The average Bonchev–Trinajstić information content (AvgIpc) is 2.27. The molecular weight excluding hydrogens is 212 g/mol. The number of nitrogens with one attached hydrogen (secondary N) is 1. The zero-order valence-corrected chi connectivity index (χ0v) is 8.93. The van der Waals surface area contributed by atoms with Gasteiger partial charge in [-0.1, -0.05) is 6.07 Å². The van der Waals surface area contributed by atoms with E-state index in [-0.39, 0.29) is 0 Å². The summed E-state index contributed by atoms with van der Waals surface area (Å²) in [7, 11) is 0. The van der Waals surface area contributed by atoms with E-state index in [9.17, 15) is 8.78 Å². The molecule has 86 valence electrons. The van der Waals surface area contributed by atoms with Gasteiger partial charge in [0.1, 0.15) is 6.07 Å². The third-order valence-corrected chi connectivity index (χ3v) is 2.13. The van der Waals surface area contributed by atoms with Crippen molar-refractivity contribution in [3.05, 3.63) is 29.3 Å². The van der Waals surface area contributed by atoms with Crippen LogP contribution in [0.2, 0.25) is 0 Å². The van der Waals surface area contributed by atoms with Crippen LogP contribution in [0.15, 0.2) is 18.2 Å². The minimum absolute atomic E-state index is 0.346. The number of nitriles is 1.